The summed E-state index contributed by atoms with van der Waals surface area (Å²) in [4.78, 5) is 0. The quantitative estimate of drug-likeness (QED) is 0.562. The van der Waals surface area contributed by atoms with E-state index in [1.807, 2.05) is 25.4 Å². The van der Waals surface area contributed by atoms with Crippen molar-refractivity contribution in [2.75, 3.05) is 0 Å². The van der Waals surface area contributed by atoms with Crippen LogP contribution in [0.2, 0.25) is 0 Å². The summed E-state index contributed by atoms with van der Waals surface area (Å²) < 4.78 is 15.3. The van der Waals surface area contributed by atoms with Gasteiger partial charge in [-0.25, -0.2) is 4.39 Å². The summed E-state index contributed by atoms with van der Waals surface area (Å²) in [7, 11) is 1.85. The third-order valence-electron chi connectivity index (χ3n) is 2.17. The summed E-state index contributed by atoms with van der Waals surface area (Å²) in [5.41, 5.74) is 1.39. The molecule has 0 saturated carbocycles. The molecule has 0 bridgehead atoms. The molecule has 1 heterocycles. The molecule has 0 amide bonds. The highest BCUT2D eigenvalue weighted by molar-refractivity contribution is 5.81. The summed E-state index contributed by atoms with van der Waals surface area (Å²) in [6.45, 7) is 1.78. The highest BCUT2D eigenvalue weighted by Gasteiger charge is 2.05. The molecular formula is C10H10FN. The van der Waals surface area contributed by atoms with Gasteiger partial charge in [-0.1, -0.05) is 12.1 Å². The number of nitrogens with zero attached hydrogens (tertiary/aromatic N) is 1. The van der Waals surface area contributed by atoms with Crippen LogP contribution in [0.3, 0.4) is 0 Å². The molecule has 2 heteroatoms. The van der Waals surface area contributed by atoms with Crippen LogP contribution in [0.15, 0.2) is 24.4 Å². The molecule has 0 fully saturated rings. The van der Waals surface area contributed by atoms with E-state index in [1.165, 1.54) is 0 Å². The molecule has 1 nitrogen and oxygen atoms in total. The molecule has 62 valence electrons. The lowest BCUT2D eigenvalue weighted by Gasteiger charge is -2.00. The average molecular weight is 163 g/mol. The maximum absolute atomic E-state index is 13.5. The number of rotatable bonds is 0. The summed E-state index contributed by atoms with van der Waals surface area (Å²) in [5, 5.41) is 0.959. The van der Waals surface area contributed by atoms with Gasteiger partial charge in [-0.05, 0) is 18.6 Å². The van der Waals surface area contributed by atoms with Crippen molar-refractivity contribution in [3.05, 3.63) is 35.8 Å². The number of aryl methyl sites for hydroxylation is 2. The highest BCUT2D eigenvalue weighted by Crippen LogP contribution is 2.20. The highest BCUT2D eigenvalue weighted by atomic mass is 19.1. The molecule has 0 radical (unpaired) electrons. The number of fused-ring (bicyclic) bond motifs is 1. The minimum Gasteiger partial charge on any atom is -0.348 e. The first kappa shape index (κ1) is 7.35. The van der Waals surface area contributed by atoms with Gasteiger partial charge in [0, 0.05) is 18.6 Å². The fourth-order valence-electron chi connectivity index (χ4n) is 1.44. The van der Waals surface area contributed by atoms with Crippen molar-refractivity contribution in [3.63, 3.8) is 0 Å². The van der Waals surface area contributed by atoms with Crippen molar-refractivity contribution in [2.24, 2.45) is 7.05 Å². The van der Waals surface area contributed by atoms with E-state index in [-0.39, 0.29) is 5.82 Å². The first-order valence-corrected chi connectivity index (χ1v) is 3.90. The van der Waals surface area contributed by atoms with E-state index in [0.29, 0.717) is 11.1 Å². The zero-order chi connectivity index (χ0) is 8.72. The van der Waals surface area contributed by atoms with Crippen molar-refractivity contribution in [1.29, 1.82) is 0 Å². The lowest BCUT2D eigenvalue weighted by Crippen LogP contribution is -1.90. The molecule has 12 heavy (non-hydrogen) atoms. The molecule has 0 saturated heterocycles. The van der Waals surface area contributed by atoms with E-state index in [2.05, 4.69) is 0 Å². The van der Waals surface area contributed by atoms with E-state index >= 15 is 0 Å². The first-order valence-electron chi connectivity index (χ1n) is 3.90. The van der Waals surface area contributed by atoms with Gasteiger partial charge in [-0.2, -0.15) is 0 Å². The van der Waals surface area contributed by atoms with Crippen molar-refractivity contribution in [1.82, 2.24) is 4.57 Å². The predicted octanol–water partition coefficient (Wildman–Crippen LogP) is 2.63. The number of hydrogen-bond donors (Lipinski definition) is 0. The Hall–Kier alpha value is -1.31. The normalized spacial score (nSPS) is 10.9. The lowest BCUT2D eigenvalue weighted by molar-refractivity contribution is 0.623. The molecule has 2 aromatic rings. The van der Waals surface area contributed by atoms with Crippen molar-refractivity contribution in [3.8, 4) is 0 Å². The van der Waals surface area contributed by atoms with Crippen LogP contribution in [0.4, 0.5) is 4.39 Å². The molecule has 0 atom stereocenters. The third kappa shape index (κ3) is 0.843. The van der Waals surface area contributed by atoms with Gasteiger partial charge in [0.1, 0.15) is 5.82 Å². The van der Waals surface area contributed by atoms with E-state index < -0.39 is 0 Å². The van der Waals surface area contributed by atoms with Gasteiger partial charge in [-0.3, -0.25) is 0 Å². The zero-order valence-electron chi connectivity index (χ0n) is 7.13. The topological polar surface area (TPSA) is 4.93 Å². The maximum atomic E-state index is 13.5. The fraction of sp³-hybridized carbons (Fsp3) is 0.200. The van der Waals surface area contributed by atoms with Crippen LogP contribution in [-0.2, 0) is 7.05 Å². The third-order valence-corrected chi connectivity index (χ3v) is 2.17. The Bertz CT molecular complexity index is 429. The standard InChI is InChI=1S/C10H10FN/c1-7-3-4-8-5-6-12(2)10(8)9(7)11/h3-6H,1-2H3. The molecule has 0 aliphatic rings. The van der Waals surface area contributed by atoms with Crippen molar-refractivity contribution in [2.45, 2.75) is 6.92 Å². The minimum atomic E-state index is -0.111. The van der Waals surface area contributed by atoms with E-state index in [4.69, 9.17) is 0 Å². The summed E-state index contributed by atoms with van der Waals surface area (Å²) in [5.74, 6) is -0.111. The molecule has 0 aliphatic carbocycles. The lowest BCUT2D eigenvalue weighted by atomic mass is 10.2. The van der Waals surface area contributed by atoms with Crippen molar-refractivity contribution >= 4 is 10.9 Å². The molecule has 1 aromatic carbocycles. The molecule has 0 unspecified atom stereocenters. The van der Waals surface area contributed by atoms with Crippen LogP contribution in [0.5, 0.6) is 0 Å². The second-order valence-corrected chi connectivity index (χ2v) is 3.06. The van der Waals surface area contributed by atoms with Gasteiger partial charge in [0.05, 0.1) is 5.52 Å². The van der Waals surface area contributed by atoms with Crippen LogP contribution >= 0.6 is 0 Å². The van der Waals surface area contributed by atoms with E-state index in [1.54, 1.807) is 17.6 Å². The zero-order valence-corrected chi connectivity index (χ0v) is 7.13. The number of aromatic nitrogens is 1. The number of halogens is 1. The molecule has 2 rings (SSSR count). The van der Waals surface area contributed by atoms with E-state index in [9.17, 15) is 4.39 Å². The van der Waals surface area contributed by atoms with Gasteiger partial charge in [0.15, 0.2) is 0 Å². The summed E-state index contributed by atoms with van der Waals surface area (Å²) in [6.07, 6.45) is 1.87. The molecular weight excluding hydrogens is 153 g/mol. The molecule has 0 N–H and O–H groups in total. The van der Waals surface area contributed by atoms with Crippen LogP contribution in [0.25, 0.3) is 10.9 Å². The van der Waals surface area contributed by atoms with Gasteiger partial charge in [0.2, 0.25) is 0 Å². The van der Waals surface area contributed by atoms with Gasteiger partial charge < -0.3 is 4.57 Å². The Morgan fingerprint density at radius 3 is 2.75 bits per heavy atom. The minimum absolute atomic E-state index is 0.111. The van der Waals surface area contributed by atoms with Gasteiger partial charge in [0.25, 0.3) is 0 Å². The van der Waals surface area contributed by atoms with Crippen molar-refractivity contribution < 1.29 is 4.39 Å². The molecule has 0 aliphatic heterocycles. The van der Waals surface area contributed by atoms with E-state index in [0.717, 1.165) is 5.39 Å². The Kier molecular flexibility index (Phi) is 1.43. The smallest absolute Gasteiger partial charge is 0.150 e. The molecule has 1 aromatic heterocycles. The predicted molar refractivity (Wildman–Crippen MR) is 47.6 cm³/mol. The van der Waals surface area contributed by atoms with Gasteiger partial charge >= 0.3 is 0 Å². The van der Waals surface area contributed by atoms with Crippen LogP contribution < -0.4 is 0 Å². The molecule has 0 spiro atoms. The van der Waals surface area contributed by atoms with Gasteiger partial charge in [-0.15, -0.1) is 0 Å². The number of benzene rings is 1. The second kappa shape index (κ2) is 2.34. The Morgan fingerprint density at radius 1 is 1.25 bits per heavy atom. The first-order chi connectivity index (χ1) is 5.70. The number of hydrogen-bond acceptors (Lipinski definition) is 0. The largest absolute Gasteiger partial charge is 0.348 e. The van der Waals surface area contributed by atoms with Crippen LogP contribution in [-0.4, -0.2) is 4.57 Å². The fourth-order valence-corrected chi connectivity index (χ4v) is 1.44. The Morgan fingerprint density at radius 2 is 2.00 bits per heavy atom. The monoisotopic (exact) mass is 163 g/mol. The van der Waals surface area contributed by atoms with Crippen LogP contribution in [0, 0.1) is 12.7 Å². The SMILES string of the molecule is Cc1ccc2ccn(C)c2c1F. The second-order valence-electron chi connectivity index (χ2n) is 3.06. The average Bonchev–Trinajstić information content (AvgIpc) is 2.41. The summed E-state index contributed by atoms with van der Waals surface area (Å²) >= 11 is 0. The maximum Gasteiger partial charge on any atom is 0.150 e. The van der Waals surface area contributed by atoms with Crippen LogP contribution in [0.1, 0.15) is 5.56 Å². The Labute approximate surface area is 70.4 Å². The summed E-state index contributed by atoms with van der Waals surface area (Å²) in [6, 6.07) is 5.66. The Balaban J connectivity index is 2.96.